The molecule has 0 saturated heterocycles. The molecule has 0 aliphatic heterocycles. The number of benzene rings is 1. The average molecular weight is 251 g/mol. The summed E-state index contributed by atoms with van der Waals surface area (Å²) in [5.41, 5.74) is 3.14. The molecule has 0 aliphatic carbocycles. The van der Waals surface area contributed by atoms with Crippen molar-refractivity contribution in [2.45, 2.75) is 19.9 Å². The molecule has 0 atom stereocenters. The molecule has 3 nitrogen and oxygen atoms in total. The second-order valence-electron chi connectivity index (χ2n) is 3.89. The summed E-state index contributed by atoms with van der Waals surface area (Å²) < 4.78 is 16.7. The highest BCUT2D eigenvalue weighted by Crippen LogP contribution is 2.10. The van der Waals surface area contributed by atoms with E-state index in [1.54, 1.807) is 6.07 Å². The van der Waals surface area contributed by atoms with Crippen molar-refractivity contribution in [3.05, 3.63) is 46.2 Å². The molecule has 1 N–H and O–H groups in total. The summed E-state index contributed by atoms with van der Waals surface area (Å²) in [7, 11) is 0. The first kappa shape index (κ1) is 12.1. The Kier molecular flexibility index (Phi) is 4.17. The van der Waals surface area contributed by atoms with E-state index in [0.29, 0.717) is 0 Å². The van der Waals surface area contributed by atoms with E-state index in [9.17, 15) is 4.39 Å². The van der Waals surface area contributed by atoms with Gasteiger partial charge in [0.2, 0.25) is 0 Å². The predicted molar refractivity (Wildman–Crippen MR) is 66.5 cm³/mol. The quantitative estimate of drug-likeness (QED) is 0.829. The van der Waals surface area contributed by atoms with Gasteiger partial charge in [-0.3, -0.25) is 0 Å². The van der Waals surface area contributed by atoms with Crippen molar-refractivity contribution >= 4 is 11.5 Å². The van der Waals surface area contributed by atoms with Crippen LogP contribution in [0.1, 0.15) is 16.8 Å². The molecule has 0 aliphatic rings. The summed E-state index contributed by atoms with van der Waals surface area (Å²) in [5, 5.41) is 9.16. The van der Waals surface area contributed by atoms with Gasteiger partial charge < -0.3 is 5.32 Å². The van der Waals surface area contributed by atoms with Crippen LogP contribution in [-0.4, -0.2) is 16.1 Å². The van der Waals surface area contributed by atoms with Crippen molar-refractivity contribution < 1.29 is 4.39 Å². The van der Waals surface area contributed by atoms with Crippen LogP contribution in [-0.2, 0) is 13.0 Å². The molecule has 0 bridgehead atoms. The fourth-order valence-corrected chi connectivity index (χ4v) is 2.09. The molecule has 90 valence electrons. The molecule has 1 heterocycles. The fourth-order valence-electron chi connectivity index (χ4n) is 1.64. The number of rotatable bonds is 5. The minimum atomic E-state index is -0.173. The zero-order valence-electron chi connectivity index (χ0n) is 9.61. The van der Waals surface area contributed by atoms with Gasteiger partial charge in [-0.05, 0) is 54.7 Å². The maximum absolute atomic E-state index is 12.9. The van der Waals surface area contributed by atoms with Crippen LogP contribution in [0.5, 0.6) is 0 Å². The molecule has 2 rings (SSSR count). The Morgan fingerprint density at radius 3 is 3.00 bits per heavy atom. The Morgan fingerprint density at radius 2 is 2.29 bits per heavy atom. The van der Waals surface area contributed by atoms with Crippen LogP contribution in [0.25, 0.3) is 0 Å². The molecule has 5 heteroatoms. The van der Waals surface area contributed by atoms with Crippen LogP contribution in [0.15, 0.2) is 23.6 Å². The predicted octanol–water partition coefficient (Wildman–Crippen LogP) is 2.32. The van der Waals surface area contributed by atoms with Crippen molar-refractivity contribution in [1.82, 2.24) is 14.9 Å². The third kappa shape index (κ3) is 3.57. The number of aromatic nitrogens is 2. The molecule has 17 heavy (non-hydrogen) atoms. The Labute approximate surface area is 104 Å². The summed E-state index contributed by atoms with van der Waals surface area (Å²) in [6, 6.07) is 4.92. The molecule has 0 fully saturated rings. The fraction of sp³-hybridized carbons (Fsp3) is 0.333. The number of hydrogen-bond donors (Lipinski definition) is 1. The SMILES string of the molecule is Cc1cc(F)ccc1CCNCc1csnn1. The summed E-state index contributed by atoms with van der Waals surface area (Å²) in [4.78, 5) is 0. The number of halogens is 1. The van der Waals surface area contributed by atoms with Crippen molar-refractivity contribution in [3.8, 4) is 0 Å². The van der Waals surface area contributed by atoms with Crippen molar-refractivity contribution in [2.75, 3.05) is 6.54 Å². The van der Waals surface area contributed by atoms with Crippen molar-refractivity contribution in [3.63, 3.8) is 0 Å². The Hall–Kier alpha value is -1.33. The topological polar surface area (TPSA) is 37.8 Å². The number of nitrogens with zero attached hydrogens (tertiary/aromatic N) is 2. The van der Waals surface area contributed by atoms with E-state index in [1.165, 1.54) is 23.2 Å². The molecule has 1 aromatic heterocycles. The number of aryl methyl sites for hydroxylation is 1. The van der Waals surface area contributed by atoms with Crippen molar-refractivity contribution in [2.24, 2.45) is 0 Å². The van der Waals surface area contributed by atoms with Crippen molar-refractivity contribution in [1.29, 1.82) is 0 Å². The van der Waals surface area contributed by atoms with Gasteiger partial charge in [0.05, 0.1) is 5.69 Å². The second-order valence-corrected chi connectivity index (χ2v) is 4.50. The van der Waals surface area contributed by atoms with Gasteiger partial charge >= 0.3 is 0 Å². The summed E-state index contributed by atoms with van der Waals surface area (Å²) in [6.45, 7) is 3.52. The molecule has 0 saturated carbocycles. The molecule has 0 radical (unpaired) electrons. The van der Waals surface area contributed by atoms with Gasteiger partial charge in [0.15, 0.2) is 0 Å². The van der Waals surface area contributed by atoms with Crippen LogP contribution < -0.4 is 5.32 Å². The highest BCUT2D eigenvalue weighted by atomic mass is 32.1. The van der Waals surface area contributed by atoms with Gasteiger partial charge in [0, 0.05) is 11.9 Å². The third-order valence-corrected chi connectivity index (χ3v) is 3.14. The van der Waals surface area contributed by atoms with Crippen LogP contribution >= 0.6 is 11.5 Å². The lowest BCUT2D eigenvalue weighted by Gasteiger charge is -2.06. The second kappa shape index (κ2) is 5.84. The average Bonchev–Trinajstić information content (AvgIpc) is 2.79. The largest absolute Gasteiger partial charge is 0.311 e. The molecular weight excluding hydrogens is 237 g/mol. The maximum atomic E-state index is 12.9. The van der Waals surface area contributed by atoms with E-state index < -0.39 is 0 Å². The van der Waals surface area contributed by atoms with E-state index in [0.717, 1.165) is 30.8 Å². The normalized spacial score (nSPS) is 10.7. The van der Waals surface area contributed by atoms with Gasteiger partial charge in [-0.1, -0.05) is 10.6 Å². The standard InChI is InChI=1S/C12H14FN3S/c1-9-6-11(13)3-2-10(9)4-5-14-7-12-8-17-16-15-12/h2-3,6,8,14H,4-5,7H2,1H3. The van der Waals surface area contributed by atoms with E-state index >= 15 is 0 Å². The van der Waals surface area contributed by atoms with Crippen LogP contribution in [0, 0.1) is 12.7 Å². The summed E-state index contributed by atoms with van der Waals surface area (Å²) >= 11 is 1.36. The summed E-state index contributed by atoms with van der Waals surface area (Å²) in [6.07, 6.45) is 0.893. The number of nitrogens with one attached hydrogen (secondary N) is 1. The highest BCUT2D eigenvalue weighted by molar-refractivity contribution is 7.03. The molecule has 1 aromatic carbocycles. The van der Waals surface area contributed by atoms with E-state index in [-0.39, 0.29) is 5.82 Å². The first-order chi connectivity index (χ1) is 8.25. The third-order valence-electron chi connectivity index (χ3n) is 2.59. The zero-order chi connectivity index (χ0) is 12.1. The Balaban J connectivity index is 1.78. The smallest absolute Gasteiger partial charge is 0.123 e. The van der Waals surface area contributed by atoms with Crippen LogP contribution in [0.3, 0.4) is 0 Å². The zero-order valence-corrected chi connectivity index (χ0v) is 10.4. The Bertz CT molecular complexity index is 471. The first-order valence-corrected chi connectivity index (χ1v) is 6.31. The monoisotopic (exact) mass is 251 g/mol. The molecule has 0 amide bonds. The lowest BCUT2D eigenvalue weighted by Crippen LogP contribution is -2.17. The molecule has 0 unspecified atom stereocenters. The van der Waals surface area contributed by atoms with E-state index in [4.69, 9.17) is 0 Å². The minimum Gasteiger partial charge on any atom is -0.311 e. The lowest BCUT2D eigenvalue weighted by molar-refractivity contribution is 0.624. The van der Waals surface area contributed by atoms with Gasteiger partial charge in [-0.15, -0.1) is 5.10 Å². The van der Waals surface area contributed by atoms with Gasteiger partial charge in [-0.2, -0.15) is 0 Å². The minimum absolute atomic E-state index is 0.173. The number of hydrogen-bond acceptors (Lipinski definition) is 4. The Morgan fingerprint density at radius 1 is 1.41 bits per heavy atom. The lowest BCUT2D eigenvalue weighted by atomic mass is 10.1. The van der Waals surface area contributed by atoms with Gasteiger partial charge in [0.1, 0.15) is 5.82 Å². The van der Waals surface area contributed by atoms with Gasteiger partial charge in [-0.25, -0.2) is 4.39 Å². The first-order valence-electron chi connectivity index (χ1n) is 5.47. The van der Waals surface area contributed by atoms with Gasteiger partial charge in [0.25, 0.3) is 0 Å². The van der Waals surface area contributed by atoms with Crippen LogP contribution in [0.2, 0.25) is 0 Å². The molecule has 0 spiro atoms. The molecule has 2 aromatic rings. The molecular formula is C12H14FN3S. The van der Waals surface area contributed by atoms with E-state index in [1.807, 2.05) is 18.4 Å². The van der Waals surface area contributed by atoms with Crippen LogP contribution in [0.4, 0.5) is 4.39 Å². The highest BCUT2D eigenvalue weighted by Gasteiger charge is 2.00. The maximum Gasteiger partial charge on any atom is 0.123 e. The summed E-state index contributed by atoms with van der Waals surface area (Å²) in [5.74, 6) is -0.173. The van der Waals surface area contributed by atoms with E-state index in [2.05, 4.69) is 14.9 Å².